The molecule has 0 nitrogen and oxygen atoms in total. The van der Waals surface area contributed by atoms with Crippen LogP contribution >= 0.6 is 0 Å². The van der Waals surface area contributed by atoms with Crippen LogP contribution in [0, 0.1) is 0 Å². The van der Waals surface area contributed by atoms with Crippen LogP contribution in [0.3, 0.4) is 0 Å². The Hall–Kier alpha value is -7.28. The molecule has 60 heavy (non-hydrogen) atoms. The monoisotopic (exact) mass is 758 g/mol. The van der Waals surface area contributed by atoms with E-state index in [9.17, 15) is 0 Å². The van der Waals surface area contributed by atoms with E-state index in [0.717, 1.165) is 6.42 Å². The van der Waals surface area contributed by atoms with E-state index in [0.29, 0.717) is 0 Å². The Labute approximate surface area is 348 Å². The highest BCUT2D eigenvalue weighted by Crippen LogP contribution is 2.52. The quantitative estimate of drug-likeness (QED) is 0.157. The largest absolute Gasteiger partial charge is 0.0610 e. The van der Waals surface area contributed by atoms with Gasteiger partial charge in [-0.25, -0.2) is 0 Å². The van der Waals surface area contributed by atoms with Gasteiger partial charge in [-0.3, -0.25) is 0 Å². The van der Waals surface area contributed by atoms with Crippen molar-refractivity contribution in [3.8, 4) is 55.6 Å². The Balaban J connectivity index is 0.804. The minimum absolute atomic E-state index is 0.130. The van der Waals surface area contributed by atoms with Crippen LogP contribution in [-0.4, -0.2) is 0 Å². The van der Waals surface area contributed by atoms with Crippen LogP contribution < -0.4 is 0 Å². The molecule has 0 aliphatic heterocycles. The molecule has 278 valence electrons. The SMILES string of the molecule is CC1(C)c2cc(-c3ccc4c(c3)Cc3cc(-c5ccc6ccc7cccc8ccc5c6c78)ccc3-4)ccc2-c2ccc(-c3ccc4ccc5cccc6ccc3c4c56)cc21. The Morgan fingerprint density at radius 2 is 0.650 bits per heavy atom. The fourth-order valence-corrected chi connectivity index (χ4v) is 11.6. The first-order valence-electron chi connectivity index (χ1n) is 21.4. The summed E-state index contributed by atoms with van der Waals surface area (Å²) in [5.41, 5.74) is 18.7. The van der Waals surface area contributed by atoms with Crippen LogP contribution in [0.2, 0.25) is 0 Å². The van der Waals surface area contributed by atoms with E-state index in [-0.39, 0.29) is 5.41 Å². The van der Waals surface area contributed by atoms with Gasteiger partial charge in [-0.05, 0) is 161 Å². The first kappa shape index (κ1) is 32.7. The third-order valence-electron chi connectivity index (χ3n) is 14.6. The Morgan fingerprint density at radius 3 is 1.17 bits per heavy atom. The topological polar surface area (TPSA) is 0 Å². The van der Waals surface area contributed by atoms with Crippen molar-refractivity contribution in [2.24, 2.45) is 0 Å². The van der Waals surface area contributed by atoms with Crippen molar-refractivity contribution in [1.29, 1.82) is 0 Å². The predicted octanol–water partition coefficient (Wildman–Crippen LogP) is 16.4. The molecule has 0 atom stereocenters. The maximum Gasteiger partial charge on any atom is 0.0159 e. The van der Waals surface area contributed by atoms with Gasteiger partial charge in [0.25, 0.3) is 0 Å². The van der Waals surface area contributed by atoms with E-state index < -0.39 is 0 Å². The van der Waals surface area contributed by atoms with Gasteiger partial charge in [0.15, 0.2) is 0 Å². The summed E-state index contributed by atoms with van der Waals surface area (Å²) in [6.45, 7) is 4.82. The summed E-state index contributed by atoms with van der Waals surface area (Å²) >= 11 is 0. The molecule has 0 N–H and O–H groups in total. The molecule has 2 aliphatic carbocycles. The Bertz CT molecular complexity index is 3790. The summed E-state index contributed by atoms with van der Waals surface area (Å²) in [4.78, 5) is 0. The molecular weight excluding hydrogens is 721 g/mol. The lowest BCUT2D eigenvalue weighted by atomic mass is 9.80. The number of rotatable bonds is 3. The van der Waals surface area contributed by atoms with Crippen molar-refractivity contribution < 1.29 is 0 Å². The van der Waals surface area contributed by atoms with Gasteiger partial charge in [0.2, 0.25) is 0 Å². The zero-order chi connectivity index (χ0) is 39.4. The summed E-state index contributed by atoms with van der Waals surface area (Å²) in [5, 5.41) is 16.0. The molecule has 2 aliphatic rings. The minimum atomic E-state index is -0.130. The fourth-order valence-electron chi connectivity index (χ4n) is 11.6. The lowest BCUT2D eigenvalue weighted by Gasteiger charge is -2.23. The van der Waals surface area contributed by atoms with Crippen molar-refractivity contribution >= 4 is 64.6 Å². The molecule has 12 aromatic carbocycles. The summed E-state index contributed by atoms with van der Waals surface area (Å²) < 4.78 is 0. The standard InChI is InChI=1S/C60H38/c1-60(2)54-32-41(18-25-50(54)51-26-20-43(33-55(51)60)47-22-14-39-12-10-35-6-4-8-37-16-28-53(47)59(39)57(35)37)40-17-23-48-44(29-40)31-45-30-42(19-24-49(45)48)46-21-13-38-11-9-34-5-3-7-36-15-27-52(46)58(38)56(34)36/h3-30,32-33H,31H2,1-2H3. The highest BCUT2D eigenvalue weighted by atomic mass is 14.4. The van der Waals surface area contributed by atoms with Gasteiger partial charge in [0, 0.05) is 5.41 Å². The van der Waals surface area contributed by atoms with Crippen LogP contribution in [0.4, 0.5) is 0 Å². The van der Waals surface area contributed by atoms with Crippen LogP contribution in [-0.2, 0) is 11.8 Å². The van der Waals surface area contributed by atoms with E-state index in [1.54, 1.807) is 0 Å². The predicted molar refractivity (Wildman–Crippen MR) is 256 cm³/mol. The Kier molecular flexibility index (Phi) is 6.24. The van der Waals surface area contributed by atoms with Crippen molar-refractivity contribution in [3.63, 3.8) is 0 Å². The van der Waals surface area contributed by atoms with Gasteiger partial charge >= 0.3 is 0 Å². The highest BCUT2D eigenvalue weighted by Gasteiger charge is 2.36. The maximum absolute atomic E-state index is 2.48. The van der Waals surface area contributed by atoms with Crippen LogP contribution in [0.25, 0.3) is 120 Å². The van der Waals surface area contributed by atoms with Gasteiger partial charge in [-0.15, -0.1) is 0 Å². The zero-order valence-electron chi connectivity index (χ0n) is 33.5. The highest BCUT2D eigenvalue weighted by molar-refractivity contribution is 6.26. The second kappa shape index (κ2) is 11.5. The van der Waals surface area contributed by atoms with Gasteiger partial charge in [0.05, 0.1) is 0 Å². The molecule has 0 radical (unpaired) electrons. The van der Waals surface area contributed by atoms with E-state index in [4.69, 9.17) is 0 Å². The molecule has 0 heteroatoms. The van der Waals surface area contributed by atoms with E-state index in [1.165, 1.54) is 143 Å². The lowest BCUT2D eigenvalue weighted by molar-refractivity contribution is 0.661. The second-order valence-electron chi connectivity index (χ2n) is 18.0. The van der Waals surface area contributed by atoms with E-state index >= 15 is 0 Å². The second-order valence-corrected chi connectivity index (χ2v) is 18.0. The molecule has 0 spiro atoms. The van der Waals surface area contributed by atoms with Gasteiger partial charge < -0.3 is 0 Å². The fraction of sp³-hybridized carbons (Fsp3) is 0.0667. The van der Waals surface area contributed by atoms with Crippen LogP contribution in [0.15, 0.2) is 182 Å². The first-order chi connectivity index (χ1) is 29.5. The van der Waals surface area contributed by atoms with Gasteiger partial charge in [-0.2, -0.15) is 0 Å². The smallest absolute Gasteiger partial charge is 0.0159 e. The molecule has 0 fully saturated rings. The molecule has 0 amide bonds. The van der Waals surface area contributed by atoms with Gasteiger partial charge in [-0.1, -0.05) is 184 Å². The molecule has 0 saturated heterocycles. The molecule has 0 unspecified atom stereocenters. The third kappa shape index (κ3) is 4.30. The van der Waals surface area contributed by atoms with Crippen molar-refractivity contribution in [1.82, 2.24) is 0 Å². The molecule has 0 aromatic heterocycles. The summed E-state index contributed by atoms with van der Waals surface area (Å²) in [6.07, 6.45) is 0.950. The normalized spacial score (nSPS) is 13.9. The minimum Gasteiger partial charge on any atom is -0.0610 e. The maximum atomic E-state index is 2.48. The number of hydrogen-bond acceptors (Lipinski definition) is 0. The first-order valence-corrected chi connectivity index (χ1v) is 21.4. The molecule has 0 heterocycles. The van der Waals surface area contributed by atoms with E-state index in [1.807, 2.05) is 0 Å². The third-order valence-corrected chi connectivity index (χ3v) is 14.6. The summed E-state index contributed by atoms with van der Waals surface area (Å²) in [7, 11) is 0. The Morgan fingerprint density at radius 1 is 0.300 bits per heavy atom. The van der Waals surface area contributed by atoms with Crippen molar-refractivity contribution in [2.45, 2.75) is 25.7 Å². The number of hydrogen-bond donors (Lipinski definition) is 0. The lowest BCUT2D eigenvalue weighted by Crippen LogP contribution is -2.15. The number of fused-ring (bicyclic) bond motifs is 6. The molecule has 14 rings (SSSR count). The van der Waals surface area contributed by atoms with Crippen LogP contribution in [0.1, 0.15) is 36.1 Å². The van der Waals surface area contributed by atoms with E-state index in [2.05, 4.69) is 196 Å². The molecular formula is C60H38. The summed E-state index contributed by atoms with van der Waals surface area (Å²) in [5.74, 6) is 0. The van der Waals surface area contributed by atoms with Crippen molar-refractivity contribution in [2.75, 3.05) is 0 Å². The average molecular weight is 759 g/mol. The molecule has 0 saturated carbocycles. The van der Waals surface area contributed by atoms with Crippen molar-refractivity contribution in [3.05, 3.63) is 204 Å². The van der Waals surface area contributed by atoms with Gasteiger partial charge in [0.1, 0.15) is 0 Å². The average Bonchev–Trinajstić information content (AvgIpc) is 3.77. The molecule has 0 bridgehead atoms. The van der Waals surface area contributed by atoms with Crippen LogP contribution in [0.5, 0.6) is 0 Å². The molecule has 12 aromatic rings. The summed E-state index contributed by atoms with van der Waals surface area (Å²) in [6, 6.07) is 69.6. The zero-order valence-corrected chi connectivity index (χ0v) is 33.5. The number of benzene rings is 12.